The summed E-state index contributed by atoms with van der Waals surface area (Å²) in [6.45, 7) is 0. The van der Waals surface area contributed by atoms with Crippen LogP contribution in [0.3, 0.4) is 0 Å². The molecule has 1 aromatic heterocycles. The summed E-state index contributed by atoms with van der Waals surface area (Å²) in [6.07, 6.45) is 1.21. The van der Waals surface area contributed by atoms with Crippen LogP contribution < -0.4 is 5.63 Å². The minimum Gasteiger partial charge on any atom is -0.502 e. The van der Waals surface area contributed by atoms with E-state index >= 15 is 0 Å². The first-order valence-electron chi connectivity index (χ1n) is 2.07. The van der Waals surface area contributed by atoms with Crippen LogP contribution in [0.2, 0.25) is 0 Å². The van der Waals surface area contributed by atoms with Gasteiger partial charge in [-0.2, -0.15) is 0 Å². The first-order valence-corrected chi connectivity index (χ1v) is 2.07. The summed E-state index contributed by atoms with van der Waals surface area (Å²) >= 11 is 0. The number of hydrogen-bond donors (Lipinski definition) is 1. The first-order chi connectivity index (χ1) is 3.80. The van der Waals surface area contributed by atoms with Gasteiger partial charge in [0.25, 0.3) is 0 Å². The minimum atomic E-state index is -0.701. The van der Waals surface area contributed by atoms with Gasteiger partial charge in [0.1, 0.15) is 0 Å². The van der Waals surface area contributed by atoms with E-state index in [-0.39, 0.29) is 25.5 Å². The molecule has 0 atom stereocenters. The zero-order valence-corrected chi connectivity index (χ0v) is 7.00. The molecule has 45 valence electrons. The van der Waals surface area contributed by atoms with Crippen LogP contribution in [0, 0.1) is 0 Å². The van der Waals surface area contributed by atoms with Gasteiger partial charge in [-0.15, -0.1) is 0 Å². The molecule has 0 saturated carbocycles. The van der Waals surface area contributed by atoms with E-state index in [0.717, 1.165) is 0 Å². The predicted molar refractivity (Wildman–Crippen MR) is 32.4 cm³/mol. The molecule has 0 bridgehead atoms. The Labute approximate surface area is 64.4 Å². The molecule has 0 aliphatic carbocycles. The molecule has 1 heterocycles. The molecule has 1 aromatic rings. The number of hydrogen-bond acceptors (Lipinski definition) is 3. The minimum absolute atomic E-state index is 0. The maximum atomic E-state index is 10.2. The van der Waals surface area contributed by atoms with Crippen LogP contribution in [0.1, 0.15) is 0 Å². The molecule has 0 amide bonds. The molecule has 4 heteroatoms. The van der Waals surface area contributed by atoms with Crippen molar-refractivity contribution >= 4 is 19.8 Å². The summed E-state index contributed by atoms with van der Waals surface area (Å²) < 4.78 is 4.25. The normalized spacial score (nSPS) is 8.00. The van der Waals surface area contributed by atoms with Gasteiger partial charge in [-0.05, 0) is 12.1 Å². The first kappa shape index (κ1) is 8.39. The summed E-state index contributed by atoms with van der Waals surface area (Å²) in [6, 6.07) is 2.71. The topological polar surface area (TPSA) is 50.4 Å². The van der Waals surface area contributed by atoms with Gasteiger partial charge in [0, 0.05) is 19.8 Å². The Morgan fingerprint density at radius 3 is 2.56 bits per heavy atom. The second-order valence-corrected chi connectivity index (χ2v) is 1.29. The van der Waals surface area contributed by atoms with Gasteiger partial charge in [0.05, 0.1) is 6.26 Å². The van der Waals surface area contributed by atoms with Gasteiger partial charge in [-0.1, -0.05) is 0 Å². The Bertz CT molecular complexity index is 230. The van der Waals surface area contributed by atoms with Crippen LogP contribution in [-0.2, 0) is 0 Å². The second kappa shape index (κ2) is 3.42. The van der Waals surface area contributed by atoms with Crippen LogP contribution >= 0.6 is 0 Å². The van der Waals surface area contributed by atoms with Crippen LogP contribution in [0.25, 0.3) is 0 Å². The molecule has 0 fully saturated rings. The maximum Gasteiger partial charge on any atom is 0.378 e. The van der Waals surface area contributed by atoms with E-state index in [2.05, 4.69) is 4.42 Å². The third-order valence-electron chi connectivity index (χ3n) is 0.717. The average Bonchev–Trinajstić information content (AvgIpc) is 1.77. The molecule has 1 rings (SSSR count). The fraction of sp³-hybridized carbons (Fsp3) is 0. The third-order valence-corrected chi connectivity index (χ3v) is 0.717. The molecule has 3 radical (unpaired) electrons. The van der Waals surface area contributed by atoms with E-state index in [1.807, 2.05) is 0 Å². The van der Waals surface area contributed by atoms with Gasteiger partial charge in [0.2, 0.25) is 5.75 Å². The monoisotopic (exact) mass is 181 g/mol. The van der Waals surface area contributed by atoms with Crippen molar-refractivity contribution in [2.75, 3.05) is 0 Å². The molecule has 0 saturated heterocycles. The molecule has 0 spiro atoms. The number of rotatable bonds is 0. The Hall–Kier alpha value is -0.614. The average molecular weight is 182 g/mol. The van der Waals surface area contributed by atoms with Crippen LogP contribution in [-0.4, -0.2) is 24.9 Å². The summed E-state index contributed by atoms with van der Waals surface area (Å²) in [4.78, 5) is 10.2. The van der Waals surface area contributed by atoms with E-state index in [4.69, 9.17) is 5.11 Å². The van der Waals surface area contributed by atoms with E-state index in [1.54, 1.807) is 0 Å². The Balaban J connectivity index is 0.000000640. The Morgan fingerprint density at radius 1 is 1.56 bits per heavy atom. The molecule has 0 aliphatic rings. The number of aromatic hydroxyl groups is 1. The Morgan fingerprint density at radius 2 is 2.22 bits per heavy atom. The maximum absolute atomic E-state index is 10.2. The SMILES string of the molecule is O=c1occcc1O.[Ga]. The molecule has 0 unspecified atom stereocenters. The molecular formula is C5H4GaO3. The van der Waals surface area contributed by atoms with E-state index < -0.39 is 5.63 Å². The molecule has 1 N–H and O–H groups in total. The summed E-state index contributed by atoms with van der Waals surface area (Å²) in [7, 11) is 0. The van der Waals surface area contributed by atoms with Crippen LogP contribution in [0.4, 0.5) is 0 Å². The van der Waals surface area contributed by atoms with Crippen molar-refractivity contribution in [3.63, 3.8) is 0 Å². The quantitative estimate of drug-likeness (QED) is 0.572. The second-order valence-electron chi connectivity index (χ2n) is 1.29. The molecule has 0 aliphatic heterocycles. The summed E-state index contributed by atoms with van der Waals surface area (Å²) in [5.74, 6) is -0.354. The van der Waals surface area contributed by atoms with Crippen molar-refractivity contribution < 1.29 is 9.52 Å². The van der Waals surface area contributed by atoms with Gasteiger partial charge in [0.15, 0.2) is 0 Å². The van der Waals surface area contributed by atoms with Crippen LogP contribution in [0.5, 0.6) is 5.75 Å². The van der Waals surface area contributed by atoms with Crippen LogP contribution in [0.15, 0.2) is 27.6 Å². The van der Waals surface area contributed by atoms with E-state index in [0.29, 0.717) is 0 Å². The smallest absolute Gasteiger partial charge is 0.378 e. The Kier molecular flexibility index (Phi) is 3.19. The zero-order chi connectivity index (χ0) is 5.98. The zero-order valence-electron chi connectivity index (χ0n) is 4.57. The van der Waals surface area contributed by atoms with Crippen molar-refractivity contribution in [2.45, 2.75) is 0 Å². The predicted octanol–water partition coefficient (Wildman–Crippen LogP) is -0.0354. The molecule has 9 heavy (non-hydrogen) atoms. The van der Waals surface area contributed by atoms with Crippen molar-refractivity contribution in [1.29, 1.82) is 0 Å². The third kappa shape index (κ3) is 1.99. The van der Waals surface area contributed by atoms with Crippen molar-refractivity contribution in [1.82, 2.24) is 0 Å². The van der Waals surface area contributed by atoms with Crippen molar-refractivity contribution in [3.8, 4) is 5.75 Å². The largest absolute Gasteiger partial charge is 0.502 e. The standard InChI is InChI=1S/C5H4O3.Ga/c6-4-2-1-3-8-5(4)7;/h1-3,6H;. The summed E-state index contributed by atoms with van der Waals surface area (Å²) in [5.41, 5.74) is -0.701. The molecular weight excluding hydrogens is 178 g/mol. The molecule has 3 nitrogen and oxygen atoms in total. The fourth-order valence-electron chi connectivity index (χ4n) is 0.360. The van der Waals surface area contributed by atoms with Gasteiger partial charge in [-0.3, -0.25) is 0 Å². The van der Waals surface area contributed by atoms with Gasteiger partial charge in [-0.25, -0.2) is 4.79 Å². The summed E-state index contributed by atoms with van der Waals surface area (Å²) in [5, 5.41) is 8.51. The fourth-order valence-corrected chi connectivity index (χ4v) is 0.360. The van der Waals surface area contributed by atoms with E-state index in [9.17, 15) is 4.79 Å². The molecule has 0 aromatic carbocycles. The van der Waals surface area contributed by atoms with E-state index in [1.165, 1.54) is 18.4 Å². The van der Waals surface area contributed by atoms with Crippen molar-refractivity contribution in [3.05, 3.63) is 28.8 Å². The van der Waals surface area contributed by atoms with Gasteiger partial charge >= 0.3 is 5.63 Å². The van der Waals surface area contributed by atoms with Gasteiger partial charge < -0.3 is 9.52 Å². The van der Waals surface area contributed by atoms with Crippen molar-refractivity contribution in [2.24, 2.45) is 0 Å².